The quantitative estimate of drug-likeness (QED) is 0.784. The van der Waals surface area contributed by atoms with Gasteiger partial charge in [0, 0.05) is 18.3 Å². The maximum atomic E-state index is 11.4. The second kappa shape index (κ2) is 6.61. The summed E-state index contributed by atoms with van der Waals surface area (Å²) < 4.78 is 0. The Balaban J connectivity index is 2.44. The van der Waals surface area contributed by atoms with E-state index in [9.17, 15) is 4.79 Å². The fourth-order valence-electron chi connectivity index (χ4n) is 1.25. The number of rotatable bonds is 5. The molecule has 0 aliphatic carbocycles. The minimum Gasteiger partial charge on any atom is -0.353 e. The van der Waals surface area contributed by atoms with Crippen LogP contribution in [0.2, 0.25) is 0 Å². The van der Waals surface area contributed by atoms with Crippen molar-refractivity contribution in [3.8, 4) is 0 Å². The summed E-state index contributed by atoms with van der Waals surface area (Å²) in [4.78, 5) is 15.7. The number of nitrogens with zero attached hydrogens (tertiary/aromatic N) is 1. The number of hydrogen-bond donors (Lipinski definition) is 2. The second-order valence-corrected chi connectivity index (χ2v) is 5.22. The highest BCUT2D eigenvalue weighted by atomic mass is 32.2. The number of nitrogens with one attached hydrogen (secondary N) is 1. The molecule has 5 heteroatoms. The van der Waals surface area contributed by atoms with Crippen molar-refractivity contribution < 1.29 is 4.79 Å². The zero-order valence-electron chi connectivity index (χ0n) is 10.4. The first-order valence-corrected chi connectivity index (χ1v) is 6.61. The van der Waals surface area contributed by atoms with Crippen LogP contribution in [-0.4, -0.2) is 22.7 Å². The molecule has 0 radical (unpaired) electrons. The molecule has 1 aromatic rings. The second-order valence-electron chi connectivity index (χ2n) is 4.23. The number of nitrogens with two attached hydrogens (primary N) is 1. The average Bonchev–Trinajstić information content (AvgIpc) is 2.26. The van der Waals surface area contributed by atoms with E-state index in [1.54, 1.807) is 6.20 Å². The third kappa shape index (κ3) is 5.19. The van der Waals surface area contributed by atoms with Gasteiger partial charge in [0.15, 0.2) is 0 Å². The number of pyridine rings is 1. The Hall–Kier alpha value is -1.07. The Morgan fingerprint density at radius 2 is 2.18 bits per heavy atom. The Kier molecular flexibility index (Phi) is 5.44. The third-order valence-electron chi connectivity index (χ3n) is 2.09. The fourth-order valence-corrected chi connectivity index (χ4v) is 1.90. The number of thioether (sulfide) groups is 1. The zero-order chi connectivity index (χ0) is 12.8. The van der Waals surface area contributed by atoms with Gasteiger partial charge in [-0.3, -0.25) is 4.79 Å². The van der Waals surface area contributed by atoms with Crippen LogP contribution in [-0.2, 0) is 4.79 Å². The van der Waals surface area contributed by atoms with Crippen LogP contribution in [0.15, 0.2) is 23.4 Å². The molecule has 0 aliphatic rings. The molecule has 0 saturated heterocycles. The summed E-state index contributed by atoms with van der Waals surface area (Å²) >= 11 is 1.43. The lowest BCUT2D eigenvalue weighted by atomic mass is 10.2. The van der Waals surface area contributed by atoms with E-state index in [0.29, 0.717) is 5.75 Å². The van der Waals surface area contributed by atoms with Crippen molar-refractivity contribution in [3.63, 3.8) is 0 Å². The van der Waals surface area contributed by atoms with Gasteiger partial charge in [0.2, 0.25) is 5.91 Å². The van der Waals surface area contributed by atoms with Gasteiger partial charge in [-0.05, 0) is 32.4 Å². The van der Waals surface area contributed by atoms with Crippen molar-refractivity contribution in [2.24, 2.45) is 5.73 Å². The third-order valence-corrected chi connectivity index (χ3v) is 3.03. The Labute approximate surface area is 106 Å². The summed E-state index contributed by atoms with van der Waals surface area (Å²) in [6.45, 7) is 5.80. The van der Waals surface area contributed by atoms with Crippen LogP contribution in [0.5, 0.6) is 0 Å². The van der Waals surface area contributed by atoms with Crippen molar-refractivity contribution in [2.75, 3.05) is 5.75 Å². The largest absolute Gasteiger partial charge is 0.353 e. The normalized spacial score (nSPS) is 12.5. The zero-order valence-corrected chi connectivity index (χ0v) is 11.3. The van der Waals surface area contributed by atoms with E-state index in [4.69, 9.17) is 5.73 Å². The highest BCUT2D eigenvalue weighted by molar-refractivity contribution is 7.99. The fraction of sp³-hybridized carbons (Fsp3) is 0.500. The first-order chi connectivity index (χ1) is 7.99. The standard InChI is InChI=1S/C12H19N3OS/c1-8(2)15-11(16)7-17-12-5-4-10(6-14-12)9(3)13/h4-6,8-9H,7,13H2,1-3H3,(H,15,16)/t9-/m1/s1. The van der Waals surface area contributed by atoms with Gasteiger partial charge in [0.1, 0.15) is 0 Å². The molecule has 1 rings (SSSR count). The van der Waals surface area contributed by atoms with Gasteiger partial charge >= 0.3 is 0 Å². The molecular formula is C12H19N3OS. The maximum absolute atomic E-state index is 11.4. The van der Waals surface area contributed by atoms with Crippen molar-refractivity contribution in [1.82, 2.24) is 10.3 Å². The smallest absolute Gasteiger partial charge is 0.230 e. The molecule has 1 heterocycles. The number of amides is 1. The van der Waals surface area contributed by atoms with Crippen LogP contribution in [0, 0.1) is 0 Å². The molecule has 0 fully saturated rings. The summed E-state index contributed by atoms with van der Waals surface area (Å²) in [7, 11) is 0. The van der Waals surface area contributed by atoms with E-state index in [-0.39, 0.29) is 18.0 Å². The Morgan fingerprint density at radius 1 is 1.47 bits per heavy atom. The summed E-state index contributed by atoms with van der Waals surface area (Å²) in [5, 5.41) is 3.68. The van der Waals surface area contributed by atoms with Crippen molar-refractivity contribution in [2.45, 2.75) is 37.9 Å². The monoisotopic (exact) mass is 253 g/mol. The lowest BCUT2D eigenvalue weighted by Crippen LogP contribution is -2.31. The molecule has 94 valence electrons. The van der Waals surface area contributed by atoms with Crippen molar-refractivity contribution in [1.29, 1.82) is 0 Å². The summed E-state index contributed by atoms with van der Waals surface area (Å²) in [5.74, 6) is 0.422. The summed E-state index contributed by atoms with van der Waals surface area (Å²) in [6, 6.07) is 4.01. The molecule has 1 aromatic heterocycles. The topological polar surface area (TPSA) is 68.0 Å². The molecule has 0 aromatic carbocycles. The maximum Gasteiger partial charge on any atom is 0.230 e. The number of carbonyl (C=O) groups is 1. The van der Waals surface area contributed by atoms with Crippen LogP contribution in [0.25, 0.3) is 0 Å². The van der Waals surface area contributed by atoms with Crippen molar-refractivity contribution in [3.05, 3.63) is 23.9 Å². The summed E-state index contributed by atoms with van der Waals surface area (Å²) in [6.07, 6.45) is 1.76. The van der Waals surface area contributed by atoms with E-state index < -0.39 is 0 Å². The van der Waals surface area contributed by atoms with E-state index in [0.717, 1.165) is 10.6 Å². The average molecular weight is 253 g/mol. The molecule has 0 bridgehead atoms. The van der Waals surface area contributed by atoms with Gasteiger partial charge in [-0.15, -0.1) is 0 Å². The first kappa shape index (κ1) is 14.0. The van der Waals surface area contributed by atoms with E-state index in [1.807, 2.05) is 32.9 Å². The van der Waals surface area contributed by atoms with Crippen LogP contribution < -0.4 is 11.1 Å². The molecule has 4 nitrogen and oxygen atoms in total. The number of aromatic nitrogens is 1. The predicted molar refractivity (Wildman–Crippen MR) is 70.8 cm³/mol. The molecule has 0 saturated carbocycles. The highest BCUT2D eigenvalue weighted by Gasteiger charge is 2.05. The van der Waals surface area contributed by atoms with Gasteiger partial charge in [-0.1, -0.05) is 17.8 Å². The van der Waals surface area contributed by atoms with Crippen LogP contribution in [0.4, 0.5) is 0 Å². The molecular weight excluding hydrogens is 234 g/mol. The van der Waals surface area contributed by atoms with Gasteiger partial charge in [0.05, 0.1) is 10.8 Å². The molecule has 3 N–H and O–H groups in total. The molecule has 0 aliphatic heterocycles. The first-order valence-electron chi connectivity index (χ1n) is 5.62. The van der Waals surface area contributed by atoms with E-state index >= 15 is 0 Å². The minimum atomic E-state index is -0.00853. The van der Waals surface area contributed by atoms with E-state index in [2.05, 4.69) is 10.3 Å². The minimum absolute atomic E-state index is 0.00853. The Bertz CT molecular complexity index is 363. The van der Waals surface area contributed by atoms with Crippen LogP contribution in [0.3, 0.4) is 0 Å². The molecule has 1 atom stereocenters. The Morgan fingerprint density at radius 3 is 2.65 bits per heavy atom. The predicted octanol–water partition coefficient (Wildman–Crippen LogP) is 1.72. The van der Waals surface area contributed by atoms with Gasteiger partial charge < -0.3 is 11.1 Å². The molecule has 1 amide bonds. The molecule has 0 unspecified atom stereocenters. The number of carbonyl (C=O) groups excluding carboxylic acids is 1. The van der Waals surface area contributed by atoms with Gasteiger partial charge in [-0.2, -0.15) is 0 Å². The van der Waals surface area contributed by atoms with Gasteiger partial charge in [-0.25, -0.2) is 4.98 Å². The molecule has 0 spiro atoms. The SMILES string of the molecule is CC(C)NC(=O)CSc1ccc([C@@H](C)N)cn1. The van der Waals surface area contributed by atoms with Crippen LogP contribution in [0.1, 0.15) is 32.4 Å². The molecule has 17 heavy (non-hydrogen) atoms. The summed E-state index contributed by atoms with van der Waals surface area (Å²) in [5.41, 5.74) is 6.73. The number of hydrogen-bond acceptors (Lipinski definition) is 4. The van der Waals surface area contributed by atoms with E-state index in [1.165, 1.54) is 11.8 Å². The van der Waals surface area contributed by atoms with Crippen molar-refractivity contribution >= 4 is 17.7 Å². The van der Waals surface area contributed by atoms with Gasteiger partial charge in [0.25, 0.3) is 0 Å². The van der Waals surface area contributed by atoms with Crippen LogP contribution >= 0.6 is 11.8 Å². The lowest BCUT2D eigenvalue weighted by molar-refractivity contribution is -0.119. The highest BCUT2D eigenvalue weighted by Crippen LogP contribution is 2.16. The lowest BCUT2D eigenvalue weighted by Gasteiger charge is -2.08.